The van der Waals surface area contributed by atoms with Crippen LogP contribution in [0.1, 0.15) is 406 Å². The van der Waals surface area contributed by atoms with E-state index in [1.807, 2.05) is 0 Å². The normalized spacial score (nSPS) is 12.5. The van der Waals surface area contributed by atoms with Gasteiger partial charge in [0.1, 0.15) is 0 Å². The average Bonchev–Trinajstić information content (AvgIpc) is 3.43. The first kappa shape index (κ1) is 75.6. The molecule has 77 heavy (non-hydrogen) atoms. The fraction of sp³-hybridized carbons (Fsp3) is 0.944. The molecule has 0 aliphatic carbocycles. The van der Waals surface area contributed by atoms with Gasteiger partial charge in [0, 0.05) is 12.8 Å². The zero-order valence-corrected chi connectivity index (χ0v) is 52.5. The minimum absolute atomic E-state index is 0.00482. The zero-order chi connectivity index (χ0) is 55.7. The highest BCUT2D eigenvalue weighted by molar-refractivity contribution is 5.76. The van der Waals surface area contributed by atoms with Gasteiger partial charge in [-0.2, -0.15) is 0 Å². The molecule has 0 rings (SSSR count). The summed E-state index contributed by atoms with van der Waals surface area (Å²) in [7, 11) is 0. The fourth-order valence-electron chi connectivity index (χ4n) is 11.4. The van der Waals surface area contributed by atoms with Gasteiger partial charge in [-0.1, -0.05) is 353 Å². The van der Waals surface area contributed by atoms with Crippen molar-refractivity contribution in [2.24, 2.45) is 0 Å². The summed E-state index contributed by atoms with van der Waals surface area (Å²) in [5, 5.41) is 23.5. The molecule has 0 spiro atoms. The first-order chi connectivity index (χ1) is 38.0. The summed E-state index contributed by atoms with van der Waals surface area (Å²) in [6.45, 7) is 4.98. The minimum Gasteiger partial charge on any atom is -0.466 e. The molecule has 0 fully saturated rings. The summed E-state index contributed by atoms with van der Waals surface area (Å²) in [6, 6.07) is -0.543. The highest BCUT2D eigenvalue weighted by Gasteiger charge is 2.20. The SMILES string of the molecule is CCCCCCC/C=C\CCCCCCCC(=O)OCCCCCCCCCCCCCCCCCCCCCCCC(=O)NC(CO)C(O)CCCCCCCCCCCCCCCCCCCCCCCCCCC. The van der Waals surface area contributed by atoms with E-state index < -0.39 is 12.1 Å². The highest BCUT2D eigenvalue weighted by atomic mass is 16.5. The largest absolute Gasteiger partial charge is 0.466 e. The van der Waals surface area contributed by atoms with Gasteiger partial charge >= 0.3 is 5.97 Å². The quantitative estimate of drug-likeness (QED) is 0.0320. The lowest BCUT2D eigenvalue weighted by Crippen LogP contribution is -2.45. The van der Waals surface area contributed by atoms with E-state index in [9.17, 15) is 19.8 Å². The molecule has 458 valence electrons. The van der Waals surface area contributed by atoms with Gasteiger partial charge < -0.3 is 20.3 Å². The van der Waals surface area contributed by atoms with E-state index in [0.717, 1.165) is 44.9 Å². The van der Waals surface area contributed by atoms with Crippen molar-refractivity contribution in [1.82, 2.24) is 5.32 Å². The van der Waals surface area contributed by atoms with Gasteiger partial charge in [-0.15, -0.1) is 0 Å². The molecule has 0 aromatic rings. The smallest absolute Gasteiger partial charge is 0.305 e. The van der Waals surface area contributed by atoms with Crippen molar-refractivity contribution < 1.29 is 24.5 Å². The molecule has 6 nitrogen and oxygen atoms in total. The van der Waals surface area contributed by atoms with E-state index in [1.54, 1.807) is 0 Å². The Morgan fingerprint density at radius 2 is 0.610 bits per heavy atom. The minimum atomic E-state index is -0.666. The van der Waals surface area contributed by atoms with Gasteiger partial charge in [0.15, 0.2) is 0 Å². The Balaban J connectivity index is 3.38. The topological polar surface area (TPSA) is 95.9 Å². The number of rotatable bonds is 67. The fourth-order valence-corrected chi connectivity index (χ4v) is 11.4. The molecule has 0 heterocycles. The molecule has 0 saturated heterocycles. The van der Waals surface area contributed by atoms with E-state index >= 15 is 0 Å². The summed E-state index contributed by atoms with van der Waals surface area (Å²) in [5.41, 5.74) is 0. The van der Waals surface area contributed by atoms with E-state index in [2.05, 4.69) is 31.3 Å². The van der Waals surface area contributed by atoms with Crippen molar-refractivity contribution in [1.29, 1.82) is 0 Å². The van der Waals surface area contributed by atoms with Crippen LogP contribution in [0.15, 0.2) is 12.2 Å². The van der Waals surface area contributed by atoms with Crippen molar-refractivity contribution in [2.75, 3.05) is 13.2 Å². The Kier molecular flexibility index (Phi) is 65.9. The summed E-state index contributed by atoms with van der Waals surface area (Å²) in [5.74, 6) is -0.0258. The predicted octanol–water partition coefficient (Wildman–Crippen LogP) is 22.8. The molecule has 6 heteroatoms. The Morgan fingerprint density at radius 3 is 0.922 bits per heavy atom. The van der Waals surface area contributed by atoms with Crippen molar-refractivity contribution in [3.8, 4) is 0 Å². The van der Waals surface area contributed by atoms with Gasteiger partial charge in [-0.3, -0.25) is 9.59 Å². The summed E-state index contributed by atoms with van der Waals surface area (Å²) >= 11 is 0. The number of hydrogen-bond donors (Lipinski definition) is 3. The number of carbonyl (C=O) groups is 2. The van der Waals surface area contributed by atoms with Gasteiger partial charge in [0.05, 0.1) is 25.4 Å². The Hall–Kier alpha value is -1.40. The number of carbonyl (C=O) groups excluding carboxylic acids is 2. The van der Waals surface area contributed by atoms with Crippen LogP contribution >= 0.6 is 0 Å². The Labute approximate surface area is 482 Å². The first-order valence-electron chi connectivity index (χ1n) is 35.4. The lowest BCUT2D eigenvalue weighted by Gasteiger charge is -2.22. The molecular formula is C71H139NO5. The summed E-state index contributed by atoms with van der Waals surface area (Å²) in [4.78, 5) is 24.6. The monoisotopic (exact) mass is 1090 g/mol. The third-order valence-electron chi connectivity index (χ3n) is 16.8. The first-order valence-corrected chi connectivity index (χ1v) is 35.4. The molecule has 1 amide bonds. The number of aliphatic hydroxyl groups excluding tert-OH is 2. The molecule has 2 atom stereocenters. The van der Waals surface area contributed by atoms with E-state index in [4.69, 9.17) is 4.74 Å². The molecule has 0 saturated carbocycles. The lowest BCUT2D eigenvalue weighted by atomic mass is 10.0. The highest BCUT2D eigenvalue weighted by Crippen LogP contribution is 2.19. The van der Waals surface area contributed by atoms with E-state index in [-0.39, 0.29) is 18.5 Å². The Bertz CT molecular complexity index is 1160. The third-order valence-corrected chi connectivity index (χ3v) is 16.8. The van der Waals surface area contributed by atoms with Crippen LogP contribution in [0, 0.1) is 0 Å². The summed E-state index contributed by atoms with van der Waals surface area (Å²) in [6.07, 6.45) is 82.5. The number of nitrogens with one attached hydrogen (secondary N) is 1. The van der Waals surface area contributed by atoms with Gasteiger partial charge in [0.2, 0.25) is 5.91 Å². The second-order valence-corrected chi connectivity index (χ2v) is 24.6. The van der Waals surface area contributed by atoms with Crippen LogP contribution in [0.4, 0.5) is 0 Å². The number of ether oxygens (including phenoxy) is 1. The van der Waals surface area contributed by atoms with Crippen LogP contribution in [0.25, 0.3) is 0 Å². The number of unbranched alkanes of at least 4 members (excludes halogenated alkanes) is 54. The molecule has 0 aliphatic rings. The Morgan fingerprint density at radius 1 is 0.351 bits per heavy atom. The maximum Gasteiger partial charge on any atom is 0.305 e. The van der Waals surface area contributed by atoms with Crippen molar-refractivity contribution in [2.45, 2.75) is 418 Å². The number of allylic oxidation sites excluding steroid dienone is 2. The number of hydrogen-bond acceptors (Lipinski definition) is 5. The molecule has 0 aromatic heterocycles. The van der Waals surface area contributed by atoms with Gasteiger partial charge in [-0.25, -0.2) is 0 Å². The second-order valence-electron chi connectivity index (χ2n) is 24.6. The van der Waals surface area contributed by atoms with Gasteiger partial charge in [0.25, 0.3) is 0 Å². The molecule has 0 radical (unpaired) electrons. The zero-order valence-electron chi connectivity index (χ0n) is 52.5. The predicted molar refractivity (Wildman–Crippen MR) is 338 cm³/mol. The van der Waals surface area contributed by atoms with Crippen LogP contribution < -0.4 is 5.32 Å². The number of aliphatic hydroxyl groups is 2. The van der Waals surface area contributed by atoms with Crippen LogP contribution in [0.2, 0.25) is 0 Å². The maximum atomic E-state index is 12.6. The van der Waals surface area contributed by atoms with Crippen molar-refractivity contribution in [3.05, 3.63) is 12.2 Å². The summed E-state index contributed by atoms with van der Waals surface area (Å²) < 4.78 is 5.48. The van der Waals surface area contributed by atoms with Gasteiger partial charge in [-0.05, 0) is 51.4 Å². The van der Waals surface area contributed by atoms with Crippen LogP contribution in [0.3, 0.4) is 0 Å². The molecule has 0 aliphatic heterocycles. The lowest BCUT2D eigenvalue weighted by molar-refractivity contribution is -0.143. The second kappa shape index (κ2) is 67.1. The van der Waals surface area contributed by atoms with Crippen molar-refractivity contribution in [3.63, 3.8) is 0 Å². The molecule has 3 N–H and O–H groups in total. The maximum absolute atomic E-state index is 12.6. The standard InChI is InChI=1S/C71H139NO5/c1-3-5-7-9-11-13-15-17-19-20-21-22-23-24-25-27-30-33-36-39-43-47-51-55-59-63-69(74)68(67-73)72-70(75)64-60-56-52-48-44-40-37-34-31-28-26-29-32-35-38-42-46-50-54-58-62-66-77-71(76)65-61-57-53-49-45-41-18-16-14-12-10-8-6-4-2/h16,18,68-69,73-74H,3-15,17,19-67H2,1-2H3,(H,72,75)/b18-16-. The molecular weight excluding hydrogens is 947 g/mol. The molecule has 2 unspecified atom stereocenters. The molecule has 0 bridgehead atoms. The van der Waals surface area contributed by atoms with Crippen LogP contribution in [-0.2, 0) is 14.3 Å². The third kappa shape index (κ3) is 63.6. The van der Waals surface area contributed by atoms with Crippen LogP contribution in [-0.4, -0.2) is 47.4 Å². The van der Waals surface area contributed by atoms with E-state index in [0.29, 0.717) is 25.9 Å². The number of amides is 1. The van der Waals surface area contributed by atoms with E-state index in [1.165, 1.54) is 327 Å². The van der Waals surface area contributed by atoms with Crippen LogP contribution in [0.5, 0.6) is 0 Å². The van der Waals surface area contributed by atoms with Crippen molar-refractivity contribution >= 4 is 11.9 Å². The average molecular weight is 1090 g/mol. The number of esters is 1. The molecule has 0 aromatic carbocycles.